The zero-order valence-electron chi connectivity index (χ0n) is 15.7. The first-order chi connectivity index (χ1) is 11.7. The van der Waals surface area contributed by atoms with E-state index in [0.717, 1.165) is 32.8 Å². The zero-order valence-corrected chi connectivity index (χ0v) is 15.7. The molecule has 1 aromatic carbocycles. The molecule has 2 aliphatic rings. The Morgan fingerprint density at radius 2 is 1.88 bits per heavy atom. The lowest BCUT2D eigenvalue weighted by Gasteiger charge is -2.36. The summed E-state index contributed by atoms with van der Waals surface area (Å²) in [6.45, 7) is 12.1. The minimum Gasteiger partial charge on any atom is -0.379 e. The Morgan fingerprint density at radius 3 is 2.44 bits per heavy atom. The van der Waals surface area contributed by atoms with E-state index in [1.807, 2.05) is 27.7 Å². The number of halogens is 1. The van der Waals surface area contributed by atoms with E-state index in [0.29, 0.717) is 12.0 Å². The van der Waals surface area contributed by atoms with Gasteiger partial charge in [0.25, 0.3) is 0 Å². The quantitative estimate of drug-likeness (QED) is 0.890. The number of amides is 1. The summed E-state index contributed by atoms with van der Waals surface area (Å²) in [5.41, 5.74) is -0.889. The Labute approximate surface area is 149 Å². The zero-order chi connectivity index (χ0) is 18.3. The van der Waals surface area contributed by atoms with E-state index in [2.05, 4.69) is 10.2 Å². The van der Waals surface area contributed by atoms with Gasteiger partial charge in [-0.25, -0.2) is 4.39 Å². The van der Waals surface area contributed by atoms with E-state index in [9.17, 15) is 9.18 Å². The number of hydrogen-bond donors (Lipinski definition) is 1. The van der Waals surface area contributed by atoms with Crippen molar-refractivity contribution in [1.82, 2.24) is 10.2 Å². The minimum absolute atomic E-state index is 0.0686. The summed E-state index contributed by atoms with van der Waals surface area (Å²) in [5.74, 6) is -0.366. The normalized spacial score (nSPS) is 26.3. The summed E-state index contributed by atoms with van der Waals surface area (Å²) in [6, 6.07) is 6.67. The van der Waals surface area contributed by atoms with Crippen molar-refractivity contribution in [2.75, 3.05) is 32.8 Å². The van der Waals surface area contributed by atoms with Gasteiger partial charge in [-0.2, -0.15) is 0 Å². The highest BCUT2D eigenvalue weighted by molar-refractivity contribution is 5.93. The Hall–Kier alpha value is -1.46. The number of ether oxygens (including phenoxy) is 1. The first-order valence-electron chi connectivity index (χ1n) is 9.06. The third-order valence-corrected chi connectivity index (χ3v) is 5.63. The molecule has 1 aliphatic heterocycles. The molecule has 1 aromatic rings. The van der Waals surface area contributed by atoms with Gasteiger partial charge in [-0.1, -0.05) is 32.0 Å². The Morgan fingerprint density at radius 1 is 1.28 bits per heavy atom. The van der Waals surface area contributed by atoms with Crippen LogP contribution in [0.4, 0.5) is 4.39 Å². The molecule has 1 saturated carbocycles. The van der Waals surface area contributed by atoms with Crippen molar-refractivity contribution in [2.45, 2.75) is 45.1 Å². The van der Waals surface area contributed by atoms with Gasteiger partial charge in [0.05, 0.1) is 18.6 Å². The summed E-state index contributed by atoms with van der Waals surface area (Å²) >= 11 is 0. The predicted molar refractivity (Wildman–Crippen MR) is 96.0 cm³/mol. The molecule has 4 nitrogen and oxygen atoms in total. The van der Waals surface area contributed by atoms with Gasteiger partial charge in [0.2, 0.25) is 5.91 Å². The molecule has 0 unspecified atom stereocenters. The number of nitrogens with one attached hydrogen (secondary N) is 1. The number of carbonyl (C=O) groups is 1. The largest absolute Gasteiger partial charge is 0.379 e. The van der Waals surface area contributed by atoms with Crippen molar-refractivity contribution in [3.8, 4) is 0 Å². The van der Waals surface area contributed by atoms with Gasteiger partial charge in [0.15, 0.2) is 0 Å². The molecule has 0 radical (unpaired) electrons. The van der Waals surface area contributed by atoms with Crippen molar-refractivity contribution in [1.29, 1.82) is 0 Å². The van der Waals surface area contributed by atoms with E-state index in [4.69, 9.17) is 4.74 Å². The second-order valence-corrected chi connectivity index (χ2v) is 8.67. The number of carbonyl (C=O) groups excluding carboxylic acids is 1. The smallest absolute Gasteiger partial charge is 0.231 e. The summed E-state index contributed by atoms with van der Waals surface area (Å²) in [5, 5.41) is 3.20. The topological polar surface area (TPSA) is 41.6 Å². The number of nitrogens with zero attached hydrogens (tertiary/aromatic N) is 1. The molecular formula is C20H29FN2O2. The maximum Gasteiger partial charge on any atom is 0.231 e. The molecule has 1 heterocycles. The fourth-order valence-electron chi connectivity index (χ4n) is 4.17. The van der Waals surface area contributed by atoms with Crippen molar-refractivity contribution in [3.63, 3.8) is 0 Å². The predicted octanol–water partition coefficient (Wildman–Crippen LogP) is 2.72. The molecule has 25 heavy (non-hydrogen) atoms. The molecule has 3 rings (SSSR count). The lowest BCUT2D eigenvalue weighted by atomic mass is 9.85. The van der Waals surface area contributed by atoms with Crippen LogP contribution in [0.1, 0.15) is 39.7 Å². The average molecular weight is 348 g/mol. The van der Waals surface area contributed by atoms with Crippen LogP contribution >= 0.6 is 0 Å². The summed E-state index contributed by atoms with van der Waals surface area (Å²) in [7, 11) is 0. The van der Waals surface area contributed by atoms with Crippen LogP contribution in [0.3, 0.4) is 0 Å². The Kier molecular flexibility index (Phi) is 4.67. The number of rotatable bonds is 5. The van der Waals surface area contributed by atoms with Crippen LogP contribution in [-0.2, 0) is 14.9 Å². The molecular weight excluding hydrogens is 319 g/mol. The van der Waals surface area contributed by atoms with Crippen LogP contribution < -0.4 is 5.32 Å². The van der Waals surface area contributed by atoms with E-state index in [1.165, 1.54) is 6.07 Å². The molecule has 0 spiro atoms. The van der Waals surface area contributed by atoms with Crippen LogP contribution in [0.15, 0.2) is 24.3 Å². The maximum absolute atomic E-state index is 14.4. The van der Waals surface area contributed by atoms with Gasteiger partial charge in [0.1, 0.15) is 5.82 Å². The highest BCUT2D eigenvalue weighted by Crippen LogP contribution is 2.64. The van der Waals surface area contributed by atoms with Crippen molar-refractivity contribution in [2.24, 2.45) is 5.41 Å². The number of morpholine rings is 1. The van der Waals surface area contributed by atoms with Gasteiger partial charge in [-0.05, 0) is 31.7 Å². The molecule has 138 valence electrons. The molecule has 1 aliphatic carbocycles. The number of benzene rings is 1. The van der Waals surface area contributed by atoms with Gasteiger partial charge in [-0.15, -0.1) is 0 Å². The molecule has 1 amide bonds. The molecule has 5 heteroatoms. The van der Waals surface area contributed by atoms with E-state index < -0.39 is 5.41 Å². The van der Waals surface area contributed by atoms with Gasteiger partial charge in [0, 0.05) is 30.7 Å². The molecule has 0 bridgehead atoms. The minimum atomic E-state index is -0.777. The highest BCUT2D eigenvalue weighted by atomic mass is 19.1. The molecule has 1 N–H and O–H groups in total. The highest BCUT2D eigenvalue weighted by Gasteiger charge is 2.68. The lowest BCUT2D eigenvalue weighted by molar-refractivity contribution is -0.126. The molecule has 2 fully saturated rings. The maximum atomic E-state index is 14.4. The van der Waals surface area contributed by atoms with Crippen molar-refractivity contribution < 1.29 is 13.9 Å². The van der Waals surface area contributed by atoms with Gasteiger partial charge >= 0.3 is 0 Å². The van der Waals surface area contributed by atoms with E-state index >= 15 is 0 Å². The summed E-state index contributed by atoms with van der Waals surface area (Å²) in [6.07, 6.45) is 0.667. The molecule has 1 atom stereocenters. The van der Waals surface area contributed by atoms with E-state index in [1.54, 1.807) is 18.2 Å². The SMILES string of the molecule is CC(C)(CN1CCOCC1)NC(=O)[C@]1(c2ccccc2F)CC1(C)C. The summed E-state index contributed by atoms with van der Waals surface area (Å²) in [4.78, 5) is 15.5. The average Bonchev–Trinajstić information content (AvgIpc) is 3.11. The van der Waals surface area contributed by atoms with E-state index in [-0.39, 0.29) is 22.7 Å². The second-order valence-electron chi connectivity index (χ2n) is 8.67. The third kappa shape index (κ3) is 3.44. The molecule has 1 saturated heterocycles. The van der Waals surface area contributed by atoms with Crippen LogP contribution in [0.5, 0.6) is 0 Å². The second kappa shape index (κ2) is 6.36. The third-order valence-electron chi connectivity index (χ3n) is 5.63. The fourth-order valence-corrected chi connectivity index (χ4v) is 4.17. The van der Waals surface area contributed by atoms with Gasteiger partial charge < -0.3 is 10.1 Å². The first kappa shape index (κ1) is 18.3. The lowest BCUT2D eigenvalue weighted by Crippen LogP contribution is -2.56. The Balaban J connectivity index is 1.77. The number of hydrogen-bond acceptors (Lipinski definition) is 3. The fraction of sp³-hybridized carbons (Fsp3) is 0.650. The van der Waals surface area contributed by atoms with Gasteiger partial charge in [-0.3, -0.25) is 9.69 Å². The van der Waals surface area contributed by atoms with Crippen molar-refractivity contribution >= 4 is 5.91 Å². The van der Waals surface area contributed by atoms with Crippen molar-refractivity contribution in [3.05, 3.63) is 35.6 Å². The van der Waals surface area contributed by atoms with Crippen LogP contribution in [0.25, 0.3) is 0 Å². The standard InChI is InChI=1S/C20H29FN2O2/c1-18(2)13-20(18,15-7-5-6-8-16(15)21)17(24)22-19(3,4)14-23-9-11-25-12-10-23/h5-8H,9-14H2,1-4H3,(H,22,24)/t20-/m1/s1. The monoisotopic (exact) mass is 348 g/mol. The Bertz CT molecular complexity index is 653. The summed E-state index contributed by atoms with van der Waals surface area (Å²) < 4.78 is 19.8. The first-order valence-corrected chi connectivity index (χ1v) is 9.06. The van der Waals surface area contributed by atoms with Crippen LogP contribution in [-0.4, -0.2) is 49.2 Å². The molecule has 0 aromatic heterocycles. The van der Waals surface area contributed by atoms with Crippen LogP contribution in [0, 0.1) is 11.2 Å². The van der Waals surface area contributed by atoms with Crippen LogP contribution in [0.2, 0.25) is 0 Å².